The van der Waals surface area contributed by atoms with Gasteiger partial charge < -0.3 is 14.6 Å². The van der Waals surface area contributed by atoms with E-state index < -0.39 is 0 Å². The lowest BCUT2D eigenvalue weighted by molar-refractivity contribution is -0.119. The zero-order valence-electron chi connectivity index (χ0n) is 15.4. The largest absolute Gasteiger partial charge is 0.379 e. The van der Waals surface area contributed by atoms with Gasteiger partial charge in [0.2, 0.25) is 5.91 Å². The quantitative estimate of drug-likeness (QED) is 0.752. The Hall–Kier alpha value is -1.83. The molecule has 0 aliphatic carbocycles. The Morgan fingerprint density at radius 1 is 1.31 bits per heavy atom. The first-order valence-electron chi connectivity index (χ1n) is 8.93. The van der Waals surface area contributed by atoms with Gasteiger partial charge in [-0.15, -0.1) is 0 Å². The normalized spacial score (nSPS) is 16.4. The number of amides is 1. The number of aromatic nitrogens is 2. The van der Waals surface area contributed by atoms with Crippen molar-refractivity contribution in [1.82, 2.24) is 19.8 Å². The van der Waals surface area contributed by atoms with Crippen molar-refractivity contribution in [3.63, 3.8) is 0 Å². The van der Waals surface area contributed by atoms with E-state index in [1.54, 1.807) is 0 Å². The minimum absolute atomic E-state index is 0.0417. The third-order valence-corrected chi connectivity index (χ3v) is 5.43. The number of carbonyl (C=O) groups excluding carboxylic acids is 1. The van der Waals surface area contributed by atoms with Crippen LogP contribution >= 0.6 is 11.8 Å². The molecule has 140 valence electrons. The maximum Gasteiger partial charge on any atom is 0.230 e. The summed E-state index contributed by atoms with van der Waals surface area (Å²) in [6.07, 6.45) is 1.86. The third kappa shape index (κ3) is 5.09. The number of ether oxygens (including phenoxy) is 1. The summed E-state index contributed by atoms with van der Waals surface area (Å²) in [6.45, 7) is 6.33. The van der Waals surface area contributed by atoms with Crippen LogP contribution in [-0.2, 0) is 16.6 Å². The van der Waals surface area contributed by atoms with E-state index in [0.29, 0.717) is 5.75 Å². The summed E-state index contributed by atoms with van der Waals surface area (Å²) in [7, 11) is 1.98. The Bertz CT molecular complexity index is 714. The number of nitrogens with one attached hydrogen (secondary N) is 1. The maximum absolute atomic E-state index is 12.2. The molecule has 26 heavy (non-hydrogen) atoms. The molecule has 1 N–H and O–H groups in total. The average molecular weight is 375 g/mol. The summed E-state index contributed by atoms with van der Waals surface area (Å²) >= 11 is 1.46. The van der Waals surface area contributed by atoms with Crippen molar-refractivity contribution in [2.45, 2.75) is 18.1 Å². The van der Waals surface area contributed by atoms with Gasteiger partial charge in [-0.25, -0.2) is 4.98 Å². The van der Waals surface area contributed by atoms with Gasteiger partial charge in [-0.2, -0.15) is 0 Å². The number of carbonyl (C=O) groups is 1. The molecule has 1 aromatic heterocycles. The Morgan fingerprint density at radius 3 is 2.77 bits per heavy atom. The van der Waals surface area contributed by atoms with E-state index in [9.17, 15) is 4.79 Å². The SMILES string of the molecule is C[C@@H](CN1CCOCC1)NC(=O)CSc1ncc(-c2ccccc2)n1C. The number of hydrogen-bond donors (Lipinski definition) is 1. The molecule has 2 heterocycles. The van der Waals surface area contributed by atoms with E-state index in [4.69, 9.17) is 4.74 Å². The molecule has 1 aliphatic rings. The van der Waals surface area contributed by atoms with Crippen molar-refractivity contribution in [2.24, 2.45) is 7.05 Å². The first-order chi connectivity index (χ1) is 12.6. The van der Waals surface area contributed by atoms with Crippen molar-refractivity contribution < 1.29 is 9.53 Å². The van der Waals surface area contributed by atoms with Gasteiger partial charge >= 0.3 is 0 Å². The Balaban J connectivity index is 1.48. The van der Waals surface area contributed by atoms with Gasteiger partial charge in [0.05, 0.1) is 30.9 Å². The first kappa shape index (κ1) is 18.9. The second-order valence-electron chi connectivity index (χ2n) is 6.52. The molecule has 1 atom stereocenters. The highest BCUT2D eigenvalue weighted by atomic mass is 32.2. The summed E-state index contributed by atoms with van der Waals surface area (Å²) < 4.78 is 7.39. The second kappa shape index (κ2) is 9.21. The Morgan fingerprint density at radius 2 is 2.04 bits per heavy atom. The topological polar surface area (TPSA) is 59.4 Å². The second-order valence-corrected chi connectivity index (χ2v) is 7.46. The van der Waals surface area contributed by atoms with Gasteiger partial charge in [0.1, 0.15) is 0 Å². The van der Waals surface area contributed by atoms with Crippen molar-refractivity contribution >= 4 is 17.7 Å². The maximum atomic E-state index is 12.2. The lowest BCUT2D eigenvalue weighted by atomic mass is 10.2. The number of imidazole rings is 1. The highest BCUT2D eigenvalue weighted by Crippen LogP contribution is 2.24. The first-order valence-corrected chi connectivity index (χ1v) is 9.91. The number of rotatable bonds is 7. The summed E-state index contributed by atoms with van der Waals surface area (Å²) in [5, 5.41) is 3.92. The molecule has 0 spiro atoms. The molecule has 1 aliphatic heterocycles. The number of morpholine rings is 1. The van der Waals surface area contributed by atoms with Crippen LogP contribution in [0.5, 0.6) is 0 Å². The molecule has 1 aromatic carbocycles. The van der Waals surface area contributed by atoms with Crippen LogP contribution in [0, 0.1) is 0 Å². The van der Waals surface area contributed by atoms with Crippen LogP contribution in [0.1, 0.15) is 6.92 Å². The van der Waals surface area contributed by atoms with Crippen LogP contribution < -0.4 is 5.32 Å². The van der Waals surface area contributed by atoms with Gasteiger partial charge in [-0.1, -0.05) is 42.1 Å². The fourth-order valence-electron chi connectivity index (χ4n) is 3.07. The fraction of sp³-hybridized carbons (Fsp3) is 0.474. The smallest absolute Gasteiger partial charge is 0.230 e. The van der Waals surface area contributed by atoms with E-state index in [-0.39, 0.29) is 11.9 Å². The van der Waals surface area contributed by atoms with Crippen LogP contribution in [0.4, 0.5) is 0 Å². The highest BCUT2D eigenvalue weighted by Gasteiger charge is 2.16. The lowest BCUT2D eigenvalue weighted by Gasteiger charge is -2.29. The molecular weight excluding hydrogens is 348 g/mol. The molecule has 6 nitrogen and oxygen atoms in total. The number of benzene rings is 1. The molecule has 0 bridgehead atoms. The molecule has 1 amide bonds. The highest BCUT2D eigenvalue weighted by molar-refractivity contribution is 7.99. The standard InChI is InChI=1S/C19H26N4O2S/c1-15(13-23-8-10-25-11-9-23)21-18(24)14-26-19-20-12-17(22(19)2)16-6-4-3-5-7-16/h3-7,12,15H,8-11,13-14H2,1-2H3,(H,21,24)/t15-/m0/s1. The van der Waals surface area contributed by atoms with Gasteiger partial charge in [-0.05, 0) is 12.5 Å². The number of hydrogen-bond acceptors (Lipinski definition) is 5. The van der Waals surface area contributed by atoms with Crippen LogP contribution in [0.2, 0.25) is 0 Å². The number of nitrogens with zero attached hydrogens (tertiary/aromatic N) is 3. The van der Waals surface area contributed by atoms with Gasteiger partial charge in [0, 0.05) is 32.7 Å². The molecule has 7 heteroatoms. The Labute approximate surface area is 158 Å². The summed E-state index contributed by atoms with van der Waals surface area (Å²) in [5.41, 5.74) is 2.17. The molecule has 0 unspecified atom stereocenters. The predicted molar refractivity (Wildman–Crippen MR) is 104 cm³/mol. The minimum atomic E-state index is 0.0417. The summed E-state index contributed by atoms with van der Waals surface area (Å²) in [4.78, 5) is 19.0. The molecule has 1 fully saturated rings. The molecule has 1 saturated heterocycles. The van der Waals surface area contributed by atoms with Gasteiger partial charge in [0.25, 0.3) is 0 Å². The average Bonchev–Trinajstić information content (AvgIpc) is 3.02. The lowest BCUT2D eigenvalue weighted by Crippen LogP contribution is -2.46. The van der Waals surface area contributed by atoms with Crippen LogP contribution in [0.3, 0.4) is 0 Å². The Kier molecular flexibility index (Phi) is 6.71. The van der Waals surface area contributed by atoms with Crippen LogP contribution in [0.15, 0.2) is 41.7 Å². The number of thioether (sulfide) groups is 1. The monoisotopic (exact) mass is 374 g/mol. The molecular formula is C19H26N4O2S. The summed E-state index contributed by atoms with van der Waals surface area (Å²) in [5.74, 6) is 0.409. The summed E-state index contributed by atoms with van der Waals surface area (Å²) in [6, 6.07) is 10.3. The van der Waals surface area contributed by atoms with Crippen molar-refractivity contribution in [1.29, 1.82) is 0 Å². The predicted octanol–water partition coefficient (Wildman–Crippen LogP) is 2.02. The molecule has 0 radical (unpaired) electrons. The molecule has 3 rings (SSSR count). The van der Waals surface area contributed by atoms with E-state index in [0.717, 1.165) is 49.3 Å². The zero-order valence-corrected chi connectivity index (χ0v) is 16.2. The van der Waals surface area contributed by atoms with Gasteiger partial charge in [-0.3, -0.25) is 9.69 Å². The molecule has 2 aromatic rings. The minimum Gasteiger partial charge on any atom is -0.379 e. The third-order valence-electron chi connectivity index (χ3n) is 4.39. The van der Waals surface area contributed by atoms with E-state index in [1.807, 2.05) is 42.9 Å². The van der Waals surface area contributed by atoms with Crippen molar-refractivity contribution in [3.8, 4) is 11.3 Å². The van der Waals surface area contributed by atoms with Crippen LogP contribution in [0.25, 0.3) is 11.3 Å². The zero-order chi connectivity index (χ0) is 18.4. The van der Waals surface area contributed by atoms with Crippen LogP contribution in [-0.4, -0.2) is 65.0 Å². The van der Waals surface area contributed by atoms with Crippen molar-refractivity contribution in [3.05, 3.63) is 36.5 Å². The van der Waals surface area contributed by atoms with Gasteiger partial charge in [0.15, 0.2) is 5.16 Å². The van der Waals surface area contributed by atoms with E-state index in [2.05, 4.69) is 27.3 Å². The molecule has 0 saturated carbocycles. The van der Waals surface area contributed by atoms with E-state index in [1.165, 1.54) is 11.8 Å². The fourth-order valence-corrected chi connectivity index (χ4v) is 3.83. The van der Waals surface area contributed by atoms with Crippen molar-refractivity contribution in [2.75, 3.05) is 38.6 Å². The van der Waals surface area contributed by atoms with E-state index >= 15 is 0 Å².